The Balaban J connectivity index is 2.29. The van der Waals surface area contributed by atoms with E-state index in [0.29, 0.717) is 5.92 Å². The number of ether oxygens (including phenoxy) is 1. The number of hydrogen-bond acceptors (Lipinski definition) is 2. The molecule has 0 saturated carbocycles. The Labute approximate surface area is 91.6 Å². The van der Waals surface area contributed by atoms with E-state index < -0.39 is 0 Å². The quantitative estimate of drug-likeness (QED) is 0.818. The van der Waals surface area contributed by atoms with Gasteiger partial charge in [-0.05, 0) is 43.5 Å². The molecule has 1 saturated heterocycles. The standard InChI is InChI=1S/C13H19NO/c1-4-15-13-6-9(2)12(5-10(13)3)11-7-14-8-11/h5-6,11,14H,4,7-8H2,1-3H3. The molecule has 2 nitrogen and oxygen atoms in total. The van der Waals surface area contributed by atoms with Crippen molar-refractivity contribution >= 4 is 0 Å². The van der Waals surface area contributed by atoms with Gasteiger partial charge >= 0.3 is 0 Å². The number of nitrogens with one attached hydrogen (secondary N) is 1. The summed E-state index contributed by atoms with van der Waals surface area (Å²) < 4.78 is 5.59. The first kappa shape index (κ1) is 10.5. The minimum Gasteiger partial charge on any atom is -0.494 e. The molecule has 1 aromatic rings. The molecule has 1 heterocycles. The van der Waals surface area contributed by atoms with Gasteiger partial charge in [0.2, 0.25) is 0 Å². The van der Waals surface area contributed by atoms with E-state index in [2.05, 4.69) is 31.3 Å². The van der Waals surface area contributed by atoms with Gasteiger partial charge in [0.1, 0.15) is 5.75 Å². The van der Waals surface area contributed by atoms with Crippen LogP contribution in [-0.4, -0.2) is 19.7 Å². The molecule has 2 rings (SSSR count). The van der Waals surface area contributed by atoms with E-state index in [4.69, 9.17) is 4.74 Å². The van der Waals surface area contributed by atoms with Crippen LogP contribution in [0.3, 0.4) is 0 Å². The molecule has 0 amide bonds. The van der Waals surface area contributed by atoms with Crippen molar-refractivity contribution < 1.29 is 4.74 Å². The predicted octanol–water partition coefficient (Wildman–Crippen LogP) is 2.39. The Morgan fingerprint density at radius 2 is 2.00 bits per heavy atom. The van der Waals surface area contributed by atoms with Crippen LogP contribution in [0.5, 0.6) is 5.75 Å². The van der Waals surface area contributed by atoms with E-state index >= 15 is 0 Å². The van der Waals surface area contributed by atoms with E-state index in [9.17, 15) is 0 Å². The van der Waals surface area contributed by atoms with Gasteiger partial charge in [0.15, 0.2) is 0 Å². The summed E-state index contributed by atoms with van der Waals surface area (Å²) in [6.45, 7) is 9.31. The molecule has 1 aliphatic rings. The predicted molar refractivity (Wildman–Crippen MR) is 62.7 cm³/mol. The van der Waals surface area contributed by atoms with Gasteiger partial charge in [0, 0.05) is 19.0 Å². The maximum absolute atomic E-state index is 5.59. The van der Waals surface area contributed by atoms with E-state index in [1.807, 2.05) is 6.92 Å². The van der Waals surface area contributed by atoms with Crippen LogP contribution in [0.15, 0.2) is 12.1 Å². The molecule has 1 N–H and O–H groups in total. The maximum Gasteiger partial charge on any atom is 0.122 e. The van der Waals surface area contributed by atoms with Gasteiger partial charge in [0.25, 0.3) is 0 Å². The fraction of sp³-hybridized carbons (Fsp3) is 0.538. The van der Waals surface area contributed by atoms with Gasteiger partial charge in [-0.25, -0.2) is 0 Å². The average molecular weight is 205 g/mol. The molecule has 1 aromatic carbocycles. The number of benzene rings is 1. The van der Waals surface area contributed by atoms with E-state index in [1.165, 1.54) is 16.7 Å². The summed E-state index contributed by atoms with van der Waals surface area (Å²) >= 11 is 0. The zero-order valence-corrected chi connectivity index (χ0v) is 9.76. The fourth-order valence-electron chi connectivity index (χ4n) is 2.07. The van der Waals surface area contributed by atoms with Crippen LogP contribution in [0, 0.1) is 13.8 Å². The van der Waals surface area contributed by atoms with Crippen molar-refractivity contribution in [2.45, 2.75) is 26.7 Å². The SMILES string of the molecule is CCOc1cc(C)c(C2CNC2)cc1C. The highest BCUT2D eigenvalue weighted by Crippen LogP contribution is 2.29. The van der Waals surface area contributed by atoms with Crippen LogP contribution < -0.4 is 10.1 Å². The summed E-state index contributed by atoms with van der Waals surface area (Å²) in [5.74, 6) is 1.74. The summed E-state index contributed by atoms with van der Waals surface area (Å²) in [4.78, 5) is 0. The normalized spacial score (nSPS) is 16.2. The van der Waals surface area contributed by atoms with Crippen molar-refractivity contribution in [1.82, 2.24) is 5.32 Å². The van der Waals surface area contributed by atoms with Crippen LogP contribution >= 0.6 is 0 Å². The summed E-state index contributed by atoms with van der Waals surface area (Å²) in [7, 11) is 0. The highest BCUT2D eigenvalue weighted by Gasteiger charge is 2.21. The van der Waals surface area contributed by atoms with Crippen LogP contribution in [0.25, 0.3) is 0 Å². The number of hydrogen-bond donors (Lipinski definition) is 1. The Morgan fingerprint density at radius 1 is 1.27 bits per heavy atom. The van der Waals surface area contributed by atoms with Gasteiger partial charge in [-0.2, -0.15) is 0 Å². The first-order valence-electron chi connectivity index (χ1n) is 5.67. The molecule has 1 aliphatic heterocycles. The van der Waals surface area contributed by atoms with Crippen molar-refractivity contribution in [2.24, 2.45) is 0 Å². The summed E-state index contributed by atoms with van der Waals surface area (Å²) in [5, 5.41) is 3.31. The van der Waals surface area contributed by atoms with Crippen LogP contribution in [-0.2, 0) is 0 Å². The lowest BCUT2D eigenvalue weighted by atomic mass is 9.89. The zero-order chi connectivity index (χ0) is 10.8. The van der Waals surface area contributed by atoms with Crippen LogP contribution in [0.1, 0.15) is 29.5 Å². The van der Waals surface area contributed by atoms with E-state index in [1.54, 1.807) is 0 Å². The van der Waals surface area contributed by atoms with Crippen molar-refractivity contribution in [2.75, 3.05) is 19.7 Å². The lowest BCUT2D eigenvalue weighted by molar-refractivity contribution is 0.337. The highest BCUT2D eigenvalue weighted by atomic mass is 16.5. The van der Waals surface area contributed by atoms with Crippen molar-refractivity contribution in [1.29, 1.82) is 0 Å². The molecule has 1 fully saturated rings. The minimum absolute atomic E-state index is 0.708. The van der Waals surface area contributed by atoms with Gasteiger partial charge in [-0.15, -0.1) is 0 Å². The summed E-state index contributed by atoms with van der Waals surface area (Å²) in [5.41, 5.74) is 4.09. The van der Waals surface area contributed by atoms with Gasteiger partial charge in [-0.3, -0.25) is 0 Å². The number of aryl methyl sites for hydroxylation is 2. The first-order chi connectivity index (χ1) is 7.22. The van der Waals surface area contributed by atoms with Crippen LogP contribution in [0.2, 0.25) is 0 Å². The Bertz CT molecular complexity index is 356. The zero-order valence-electron chi connectivity index (χ0n) is 9.76. The van der Waals surface area contributed by atoms with Gasteiger partial charge < -0.3 is 10.1 Å². The fourth-order valence-corrected chi connectivity index (χ4v) is 2.07. The van der Waals surface area contributed by atoms with E-state index in [-0.39, 0.29) is 0 Å². The molecule has 15 heavy (non-hydrogen) atoms. The second-order valence-corrected chi connectivity index (χ2v) is 4.26. The van der Waals surface area contributed by atoms with Gasteiger partial charge in [-0.1, -0.05) is 6.07 Å². The number of rotatable bonds is 3. The molecule has 0 spiro atoms. The molecule has 0 aliphatic carbocycles. The monoisotopic (exact) mass is 205 g/mol. The van der Waals surface area contributed by atoms with Crippen LogP contribution in [0.4, 0.5) is 0 Å². The van der Waals surface area contributed by atoms with Crippen molar-refractivity contribution in [3.05, 3.63) is 28.8 Å². The Morgan fingerprint density at radius 3 is 2.53 bits per heavy atom. The lowest BCUT2D eigenvalue weighted by Crippen LogP contribution is -2.40. The first-order valence-corrected chi connectivity index (χ1v) is 5.67. The summed E-state index contributed by atoms with van der Waals surface area (Å²) in [6.07, 6.45) is 0. The average Bonchev–Trinajstić information content (AvgIpc) is 2.11. The maximum atomic E-state index is 5.59. The third-order valence-corrected chi connectivity index (χ3v) is 3.08. The van der Waals surface area contributed by atoms with E-state index in [0.717, 1.165) is 25.4 Å². The second kappa shape index (κ2) is 4.23. The van der Waals surface area contributed by atoms with Gasteiger partial charge in [0.05, 0.1) is 6.61 Å². The third kappa shape index (κ3) is 2.00. The molecule has 0 atom stereocenters. The topological polar surface area (TPSA) is 21.3 Å². The molecular weight excluding hydrogens is 186 g/mol. The Kier molecular flexibility index (Phi) is 2.96. The second-order valence-electron chi connectivity index (χ2n) is 4.26. The highest BCUT2D eigenvalue weighted by molar-refractivity contribution is 5.43. The molecule has 0 radical (unpaired) electrons. The molecule has 0 unspecified atom stereocenters. The summed E-state index contributed by atoms with van der Waals surface area (Å²) in [6, 6.07) is 4.46. The molecular formula is C13H19NO. The van der Waals surface area contributed by atoms with Crippen molar-refractivity contribution in [3.8, 4) is 5.75 Å². The van der Waals surface area contributed by atoms with Crippen molar-refractivity contribution in [3.63, 3.8) is 0 Å². The molecule has 82 valence electrons. The molecule has 0 aromatic heterocycles. The molecule has 0 bridgehead atoms. The third-order valence-electron chi connectivity index (χ3n) is 3.08. The lowest BCUT2D eigenvalue weighted by Gasteiger charge is -2.29. The largest absolute Gasteiger partial charge is 0.494 e. The smallest absolute Gasteiger partial charge is 0.122 e. The Hall–Kier alpha value is -1.02. The minimum atomic E-state index is 0.708. The molecule has 2 heteroatoms.